The first-order chi connectivity index (χ1) is 8.84. The largest absolute Gasteiger partial charge is 0.397 e. The highest BCUT2D eigenvalue weighted by molar-refractivity contribution is 7.09. The van der Waals surface area contributed by atoms with Crippen molar-refractivity contribution < 1.29 is 0 Å². The lowest BCUT2D eigenvalue weighted by atomic mass is 10.1. The van der Waals surface area contributed by atoms with Gasteiger partial charge in [0.05, 0.1) is 28.9 Å². The summed E-state index contributed by atoms with van der Waals surface area (Å²) < 4.78 is 0. The number of thiazole rings is 1. The number of rotatable bonds is 3. The summed E-state index contributed by atoms with van der Waals surface area (Å²) in [7, 11) is 0. The highest BCUT2D eigenvalue weighted by Gasteiger charge is 2.04. The second-order valence-corrected chi connectivity index (χ2v) is 4.89. The Balaban J connectivity index is 1.90. The van der Waals surface area contributed by atoms with Gasteiger partial charge in [-0.05, 0) is 24.3 Å². The Bertz CT molecular complexity index is 664. The van der Waals surface area contributed by atoms with Crippen LogP contribution in [0.3, 0.4) is 0 Å². The van der Waals surface area contributed by atoms with Gasteiger partial charge < -0.3 is 11.1 Å². The highest BCUT2D eigenvalue weighted by Crippen LogP contribution is 2.27. The average molecular weight is 256 g/mol. The molecule has 0 bridgehead atoms. The maximum Gasteiger partial charge on any atom is 0.0794 e. The number of hydrogen-bond donors (Lipinski definition) is 2. The standard InChI is InChI=1S/C13H12N4S/c14-13-10-2-1-5-16-11(10)3-4-12(13)17-7-9-6-15-8-18-9/h1-6,8,17H,7,14H2. The number of aromatic nitrogens is 2. The summed E-state index contributed by atoms with van der Waals surface area (Å²) in [5, 5.41) is 4.30. The van der Waals surface area contributed by atoms with Crippen molar-refractivity contribution in [2.24, 2.45) is 0 Å². The van der Waals surface area contributed by atoms with Gasteiger partial charge in [0.15, 0.2) is 0 Å². The second kappa shape index (κ2) is 4.62. The van der Waals surface area contributed by atoms with Crippen LogP contribution in [0.15, 0.2) is 42.2 Å². The van der Waals surface area contributed by atoms with Crippen LogP contribution in [0.1, 0.15) is 4.88 Å². The minimum absolute atomic E-state index is 0.737. The normalized spacial score (nSPS) is 10.7. The van der Waals surface area contributed by atoms with Crippen LogP contribution in [-0.2, 0) is 6.54 Å². The lowest BCUT2D eigenvalue weighted by Crippen LogP contribution is -2.01. The number of benzene rings is 1. The molecule has 0 radical (unpaired) electrons. The summed E-state index contributed by atoms with van der Waals surface area (Å²) in [5.74, 6) is 0. The fourth-order valence-electron chi connectivity index (χ4n) is 1.84. The molecule has 1 aromatic carbocycles. The molecule has 3 aromatic rings. The fourth-order valence-corrected chi connectivity index (χ4v) is 2.38. The van der Waals surface area contributed by atoms with Gasteiger partial charge in [0.1, 0.15) is 0 Å². The van der Waals surface area contributed by atoms with Crippen molar-refractivity contribution in [3.05, 3.63) is 47.0 Å². The van der Waals surface area contributed by atoms with Gasteiger partial charge in [-0.1, -0.05) is 0 Å². The van der Waals surface area contributed by atoms with Gasteiger partial charge in [0, 0.05) is 22.7 Å². The molecule has 18 heavy (non-hydrogen) atoms. The van der Waals surface area contributed by atoms with E-state index in [-0.39, 0.29) is 0 Å². The molecule has 0 fully saturated rings. The number of pyridine rings is 1. The molecular formula is C13H12N4S. The third-order valence-corrected chi connectivity index (χ3v) is 3.54. The molecule has 5 heteroatoms. The smallest absolute Gasteiger partial charge is 0.0794 e. The van der Waals surface area contributed by atoms with Gasteiger partial charge in [-0.15, -0.1) is 11.3 Å². The molecule has 0 unspecified atom stereocenters. The molecule has 4 nitrogen and oxygen atoms in total. The molecule has 90 valence electrons. The topological polar surface area (TPSA) is 63.8 Å². The van der Waals surface area contributed by atoms with Crippen LogP contribution >= 0.6 is 11.3 Å². The Morgan fingerprint density at radius 2 is 2.22 bits per heavy atom. The maximum absolute atomic E-state index is 6.14. The lowest BCUT2D eigenvalue weighted by Gasteiger charge is -2.10. The average Bonchev–Trinajstić information content (AvgIpc) is 2.91. The first-order valence-corrected chi connectivity index (χ1v) is 6.47. The summed E-state index contributed by atoms with van der Waals surface area (Å²) in [6, 6.07) is 7.81. The van der Waals surface area contributed by atoms with Gasteiger partial charge in [0.25, 0.3) is 0 Å². The van der Waals surface area contributed by atoms with Crippen molar-refractivity contribution in [3.8, 4) is 0 Å². The van der Waals surface area contributed by atoms with Crippen LogP contribution in [-0.4, -0.2) is 9.97 Å². The first kappa shape index (κ1) is 11.0. The van der Waals surface area contributed by atoms with E-state index in [2.05, 4.69) is 15.3 Å². The molecule has 0 amide bonds. The maximum atomic E-state index is 6.14. The van der Waals surface area contributed by atoms with E-state index in [1.807, 2.05) is 36.0 Å². The Kier molecular flexibility index (Phi) is 2.82. The number of anilines is 2. The highest BCUT2D eigenvalue weighted by atomic mass is 32.1. The molecule has 2 heterocycles. The Morgan fingerprint density at radius 1 is 1.28 bits per heavy atom. The monoisotopic (exact) mass is 256 g/mol. The van der Waals surface area contributed by atoms with Crippen LogP contribution < -0.4 is 11.1 Å². The molecule has 0 saturated heterocycles. The SMILES string of the molecule is Nc1c(NCc2cncs2)ccc2ncccc12. The minimum atomic E-state index is 0.737. The number of nitrogens with two attached hydrogens (primary N) is 1. The van der Waals surface area contributed by atoms with Crippen LogP contribution in [0.5, 0.6) is 0 Å². The third-order valence-electron chi connectivity index (χ3n) is 2.76. The predicted molar refractivity (Wildman–Crippen MR) is 75.6 cm³/mol. The Hall–Kier alpha value is -2.14. The van der Waals surface area contributed by atoms with Crippen LogP contribution in [0.4, 0.5) is 11.4 Å². The molecule has 3 rings (SSSR count). The lowest BCUT2D eigenvalue weighted by molar-refractivity contribution is 1.18. The molecular weight excluding hydrogens is 244 g/mol. The van der Waals surface area contributed by atoms with E-state index in [0.717, 1.165) is 28.8 Å². The Morgan fingerprint density at radius 3 is 3.06 bits per heavy atom. The van der Waals surface area contributed by atoms with Gasteiger partial charge in [0.2, 0.25) is 0 Å². The second-order valence-electron chi connectivity index (χ2n) is 3.92. The molecule has 2 aromatic heterocycles. The summed E-state index contributed by atoms with van der Waals surface area (Å²) in [6.45, 7) is 0.737. The summed E-state index contributed by atoms with van der Waals surface area (Å²) >= 11 is 1.62. The van der Waals surface area contributed by atoms with Crippen molar-refractivity contribution in [2.45, 2.75) is 6.54 Å². The number of nitrogens with zero attached hydrogens (tertiary/aromatic N) is 2. The quantitative estimate of drug-likeness (QED) is 0.707. The zero-order chi connectivity index (χ0) is 12.4. The van der Waals surface area contributed by atoms with E-state index in [4.69, 9.17) is 5.73 Å². The van der Waals surface area contributed by atoms with Crippen molar-refractivity contribution in [1.29, 1.82) is 0 Å². The van der Waals surface area contributed by atoms with E-state index in [1.54, 1.807) is 17.5 Å². The molecule has 0 aliphatic heterocycles. The third kappa shape index (κ3) is 2.00. The van der Waals surface area contributed by atoms with Gasteiger partial charge >= 0.3 is 0 Å². The summed E-state index contributed by atoms with van der Waals surface area (Å²) in [5.41, 5.74) is 10.6. The Labute approximate surface area is 109 Å². The minimum Gasteiger partial charge on any atom is -0.397 e. The molecule has 3 N–H and O–H groups in total. The molecule has 0 aliphatic carbocycles. The first-order valence-electron chi connectivity index (χ1n) is 5.59. The van der Waals surface area contributed by atoms with Gasteiger partial charge in [-0.25, -0.2) is 0 Å². The van der Waals surface area contributed by atoms with Crippen LogP contribution in [0.25, 0.3) is 10.9 Å². The summed E-state index contributed by atoms with van der Waals surface area (Å²) in [6.07, 6.45) is 3.63. The molecule has 0 spiro atoms. The zero-order valence-electron chi connectivity index (χ0n) is 9.63. The van der Waals surface area contributed by atoms with E-state index in [1.165, 1.54) is 4.88 Å². The van der Waals surface area contributed by atoms with E-state index < -0.39 is 0 Å². The van der Waals surface area contributed by atoms with Crippen molar-refractivity contribution >= 4 is 33.6 Å². The van der Waals surface area contributed by atoms with Gasteiger partial charge in [-0.3, -0.25) is 9.97 Å². The van der Waals surface area contributed by atoms with Crippen molar-refractivity contribution in [1.82, 2.24) is 9.97 Å². The predicted octanol–water partition coefficient (Wildman–Crippen LogP) is 2.89. The van der Waals surface area contributed by atoms with Gasteiger partial charge in [-0.2, -0.15) is 0 Å². The van der Waals surface area contributed by atoms with E-state index in [9.17, 15) is 0 Å². The summed E-state index contributed by atoms with van der Waals surface area (Å²) in [4.78, 5) is 9.50. The number of nitrogens with one attached hydrogen (secondary N) is 1. The van der Waals surface area contributed by atoms with Crippen LogP contribution in [0, 0.1) is 0 Å². The molecule has 0 saturated carbocycles. The van der Waals surface area contributed by atoms with Crippen LogP contribution in [0.2, 0.25) is 0 Å². The van der Waals surface area contributed by atoms with Crippen molar-refractivity contribution in [2.75, 3.05) is 11.1 Å². The number of nitrogen functional groups attached to an aromatic ring is 1. The molecule has 0 aliphatic rings. The van der Waals surface area contributed by atoms with Crippen molar-refractivity contribution in [3.63, 3.8) is 0 Å². The number of fused-ring (bicyclic) bond motifs is 1. The molecule has 0 atom stereocenters. The van der Waals surface area contributed by atoms with E-state index in [0.29, 0.717) is 0 Å². The zero-order valence-corrected chi connectivity index (χ0v) is 10.4. The number of hydrogen-bond acceptors (Lipinski definition) is 5. The van der Waals surface area contributed by atoms with E-state index >= 15 is 0 Å². The fraction of sp³-hybridized carbons (Fsp3) is 0.0769.